The van der Waals surface area contributed by atoms with Crippen molar-refractivity contribution in [1.82, 2.24) is 9.55 Å². The normalized spacial score (nSPS) is 10.2. The minimum atomic E-state index is 0. The van der Waals surface area contributed by atoms with E-state index in [-0.39, 0.29) is 1.43 Å². The molecule has 0 fully saturated rings. The van der Waals surface area contributed by atoms with Crippen LogP contribution in [0.5, 0.6) is 0 Å². The molecule has 0 aromatic carbocycles. The fraction of sp³-hybridized carbons (Fsp3) is 0.182. The Balaban J connectivity index is 0.00000169. The Hall–Kier alpha value is -1.75. The molecule has 0 spiro atoms. The van der Waals surface area contributed by atoms with Crippen molar-refractivity contribution < 1.29 is 1.43 Å². The van der Waals surface area contributed by atoms with Crippen molar-refractivity contribution in [2.45, 2.75) is 6.92 Å². The number of aromatic nitrogens is 2. The summed E-state index contributed by atoms with van der Waals surface area (Å²) in [5, 5.41) is 0. The van der Waals surface area contributed by atoms with Gasteiger partial charge in [-0.25, -0.2) is 4.98 Å². The van der Waals surface area contributed by atoms with Crippen molar-refractivity contribution in [2.75, 3.05) is 0 Å². The fourth-order valence-electron chi connectivity index (χ4n) is 1.01. The summed E-state index contributed by atoms with van der Waals surface area (Å²) in [7, 11) is 1.94. The maximum Gasteiger partial charge on any atom is 0.132 e. The first-order chi connectivity index (χ1) is 6.13. The summed E-state index contributed by atoms with van der Waals surface area (Å²) in [4.78, 5) is 4.28. The molecule has 0 bridgehead atoms. The lowest BCUT2D eigenvalue weighted by Gasteiger charge is -1.92. The zero-order valence-corrected chi connectivity index (χ0v) is 7.91. The van der Waals surface area contributed by atoms with E-state index < -0.39 is 0 Å². The largest absolute Gasteiger partial charge is 0.334 e. The Morgan fingerprint density at radius 3 is 3.00 bits per heavy atom. The Bertz CT molecular complexity index is 394. The molecule has 0 unspecified atom stereocenters. The van der Waals surface area contributed by atoms with Gasteiger partial charge in [0, 0.05) is 20.2 Å². The van der Waals surface area contributed by atoms with Crippen molar-refractivity contribution >= 4 is 6.08 Å². The van der Waals surface area contributed by atoms with Gasteiger partial charge < -0.3 is 4.57 Å². The molecule has 68 valence electrons. The van der Waals surface area contributed by atoms with Gasteiger partial charge in [-0.05, 0) is 19.1 Å². The Morgan fingerprint density at radius 1 is 1.85 bits per heavy atom. The van der Waals surface area contributed by atoms with Crippen LogP contribution in [0.3, 0.4) is 0 Å². The molecule has 0 aliphatic heterocycles. The minimum Gasteiger partial charge on any atom is -0.334 e. The van der Waals surface area contributed by atoms with Gasteiger partial charge >= 0.3 is 0 Å². The van der Waals surface area contributed by atoms with Crippen LogP contribution in [0.2, 0.25) is 0 Å². The van der Waals surface area contributed by atoms with Crippen molar-refractivity contribution in [1.29, 1.82) is 0 Å². The van der Waals surface area contributed by atoms with Crippen LogP contribution < -0.4 is 0 Å². The molecule has 1 heterocycles. The molecule has 13 heavy (non-hydrogen) atoms. The molecule has 0 aliphatic rings. The Labute approximate surface area is 80.1 Å². The van der Waals surface area contributed by atoms with Gasteiger partial charge in [0.15, 0.2) is 0 Å². The van der Waals surface area contributed by atoms with E-state index in [0.29, 0.717) is 5.57 Å². The van der Waals surface area contributed by atoms with Gasteiger partial charge in [0.25, 0.3) is 0 Å². The molecule has 0 saturated carbocycles. The summed E-state index contributed by atoms with van der Waals surface area (Å²) in [5.74, 6) is 3.33. The molecule has 2 nitrogen and oxygen atoms in total. The van der Waals surface area contributed by atoms with Crippen LogP contribution in [0.4, 0.5) is 0 Å². The van der Waals surface area contributed by atoms with Crippen LogP contribution in [-0.2, 0) is 7.05 Å². The van der Waals surface area contributed by atoms with Crippen LogP contribution in [0.15, 0.2) is 24.4 Å². The number of allylic oxidation sites excluding steroid dienone is 2. The summed E-state index contributed by atoms with van der Waals surface area (Å²) in [5.41, 5.74) is 1.65. The van der Waals surface area contributed by atoms with E-state index in [1.165, 1.54) is 0 Å². The van der Waals surface area contributed by atoms with Gasteiger partial charge in [0.2, 0.25) is 0 Å². The van der Waals surface area contributed by atoms with Gasteiger partial charge in [-0.2, -0.15) is 0 Å². The quantitative estimate of drug-likeness (QED) is 0.496. The third-order valence-corrected chi connectivity index (χ3v) is 1.65. The molecule has 1 rings (SSSR count). The Kier molecular flexibility index (Phi) is 2.71. The summed E-state index contributed by atoms with van der Waals surface area (Å²) in [6, 6.07) is 0. The van der Waals surface area contributed by atoms with E-state index in [1.807, 2.05) is 30.8 Å². The predicted octanol–water partition coefficient (Wildman–Crippen LogP) is 2.18. The topological polar surface area (TPSA) is 17.8 Å². The van der Waals surface area contributed by atoms with E-state index in [4.69, 9.17) is 6.42 Å². The average molecular weight is 174 g/mol. The van der Waals surface area contributed by atoms with E-state index in [9.17, 15) is 0 Å². The lowest BCUT2D eigenvalue weighted by molar-refractivity contribution is 0.897. The van der Waals surface area contributed by atoms with Gasteiger partial charge in [0.05, 0.1) is 5.69 Å². The van der Waals surface area contributed by atoms with Gasteiger partial charge in [-0.15, -0.1) is 6.42 Å². The lowest BCUT2D eigenvalue weighted by Crippen LogP contribution is -1.88. The third-order valence-electron chi connectivity index (χ3n) is 1.65. The highest BCUT2D eigenvalue weighted by atomic mass is 15.0. The van der Waals surface area contributed by atoms with E-state index in [1.54, 1.807) is 6.08 Å². The van der Waals surface area contributed by atoms with Crippen molar-refractivity contribution in [3.05, 3.63) is 35.9 Å². The van der Waals surface area contributed by atoms with Crippen molar-refractivity contribution in [2.24, 2.45) is 7.05 Å². The summed E-state index contributed by atoms with van der Waals surface area (Å²) in [6.45, 7) is 5.62. The van der Waals surface area contributed by atoms with E-state index in [0.717, 1.165) is 11.5 Å². The molecule has 1 aromatic heterocycles. The second kappa shape index (κ2) is 3.77. The van der Waals surface area contributed by atoms with Gasteiger partial charge in [-0.3, -0.25) is 0 Å². The van der Waals surface area contributed by atoms with Crippen LogP contribution in [0.25, 0.3) is 6.08 Å². The van der Waals surface area contributed by atoms with Crippen LogP contribution in [0, 0.1) is 19.3 Å². The Morgan fingerprint density at radius 2 is 2.54 bits per heavy atom. The van der Waals surface area contributed by atoms with E-state index in [2.05, 4.69) is 17.5 Å². The number of hydrogen-bond acceptors (Lipinski definition) is 1. The number of nitrogens with zero attached hydrogens (tertiary/aromatic N) is 2. The zero-order valence-electron chi connectivity index (χ0n) is 7.91. The molecule has 0 radical (unpaired) electrons. The third kappa shape index (κ3) is 2.34. The van der Waals surface area contributed by atoms with E-state index >= 15 is 0 Å². The average Bonchev–Trinajstić information content (AvgIpc) is 2.41. The first-order valence-electron chi connectivity index (χ1n) is 3.97. The SMILES string of the molecule is C#CC(=C)/C=C\c1nc(C)cn1C.[HH]. The van der Waals surface area contributed by atoms with Crippen molar-refractivity contribution in [3.8, 4) is 12.3 Å². The summed E-state index contributed by atoms with van der Waals surface area (Å²) in [6.07, 6.45) is 10.7. The number of terminal acetylenes is 1. The molecule has 2 heteroatoms. The number of rotatable bonds is 2. The predicted molar refractivity (Wildman–Crippen MR) is 57.1 cm³/mol. The first kappa shape index (κ1) is 9.34. The highest BCUT2D eigenvalue weighted by Gasteiger charge is 1.96. The second-order valence-electron chi connectivity index (χ2n) is 2.85. The molecule has 0 amide bonds. The molecule has 0 aliphatic carbocycles. The first-order valence-corrected chi connectivity index (χ1v) is 3.97. The van der Waals surface area contributed by atoms with Crippen molar-refractivity contribution in [3.63, 3.8) is 0 Å². The second-order valence-corrected chi connectivity index (χ2v) is 2.85. The standard InChI is InChI=1S/C11H12N2.H2/c1-5-9(2)6-7-11-12-10(3)8-13(11)4;/h1,6-8H,2H2,3-4H3;1H/b7-6-;. The van der Waals surface area contributed by atoms with Crippen LogP contribution in [-0.4, -0.2) is 9.55 Å². The number of aryl methyl sites for hydroxylation is 2. The maximum atomic E-state index is 5.15. The lowest BCUT2D eigenvalue weighted by atomic mass is 10.3. The number of hydrogen-bond donors (Lipinski definition) is 0. The molecule has 1 aromatic rings. The molecule has 0 N–H and O–H groups in total. The summed E-state index contributed by atoms with van der Waals surface area (Å²) < 4.78 is 1.94. The molecular formula is C11H14N2. The van der Waals surface area contributed by atoms with Gasteiger partial charge in [0.1, 0.15) is 5.82 Å². The fourth-order valence-corrected chi connectivity index (χ4v) is 1.01. The molecule has 0 saturated heterocycles. The smallest absolute Gasteiger partial charge is 0.132 e. The highest BCUT2D eigenvalue weighted by molar-refractivity contribution is 5.50. The molecule has 0 atom stereocenters. The minimum absolute atomic E-state index is 0. The monoisotopic (exact) mass is 174 g/mol. The molecular weight excluding hydrogens is 160 g/mol. The zero-order chi connectivity index (χ0) is 9.84. The summed E-state index contributed by atoms with van der Waals surface area (Å²) >= 11 is 0. The van der Waals surface area contributed by atoms with Gasteiger partial charge in [-0.1, -0.05) is 12.5 Å². The van der Waals surface area contributed by atoms with Crippen LogP contribution >= 0.6 is 0 Å². The van der Waals surface area contributed by atoms with Crippen LogP contribution in [0.1, 0.15) is 12.9 Å². The maximum absolute atomic E-state index is 5.15. The number of imidazole rings is 1. The highest BCUT2D eigenvalue weighted by Crippen LogP contribution is 2.03.